The molecule has 9 heteroatoms. The van der Waals surface area contributed by atoms with E-state index in [9.17, 15) is 25.9 Å². The van der Waals surface area contributed by atoms with Gasteiger partial charge in [-0.1, -0.05) is 13.8 Å². The summed E-state index contributed by atoms with van der Waals surface area (Å²) in [7, 11) is -7.82. The minimum atomic E-state index is -3.91. The third kappa shape index (κ3) is 32.0. The molecule has 6 nitrogen and oxygen atoms in total. The Hall–Kier alpha value is 1.08. The second-order valence-corrected chi connectivity index (χ2v) is 5.08. The zero-order valence-corrected chi connectivity index (χ0v) is 11.2. The second-order valence-electron chi connectivity index (χ2n) is 1.69. The molecule has 0 atom stereocenters. The molecular formula is C4H10CaO6S2. The minimum Gasteiger partial charge on any atom is -0.748 e. The smallest absolute Gasteiger partial charge is 0.748 e. The fraction of sp³-hybridized carbons (Fsp3) is 1.00. The van der Waals surface area contributed by atoms with Gasteiger partial charge >= 0.3 is 37.7 Å². The van der Waals surface area contributed by atoms with E-state index in [-0.39, 0.29) is 49.2 Å². The van der Waals surface area contributed by atoms with Crippen LogP contribution in [0.5, 0.6) is 0 Å². The van der Waals surface area contributed by atoms with E-state index in [2.05, 4.69) is 0 Å². The first-order valence-electron chi connectivity index (χ1n) is 2.99. The van der Waals surface area contributed by atoms with Crippen molar-refractivity contribution in [3.05, 3.63) is 0 Å². The Balaban J connectivity index is -0.000000143. The zero-order chi connectivity index (χ0) is 10.4. The Kier molecular flexibility index (Phi) is 12.7. The predicted octanol–water partition coefficient (Wildman–Crippen LogP) is -1.28. The van der Waals surface area contributed by atoms with Gasteiger partial charge in [-0.25, -0.2) is 16.8 Å². The van der Waals surface area contributed by atoms with Gasteiger partial charge in [-0.15, -0.1) is 0 Å². The maximum atomic E-state index is 9.44. The van der Waals surface area contributed by atoms with Crippen molar-refractivity contribution in [3.8, 4) is 0 Å². The van der Waals surface area contributed by atoms with Crippen LogP contribution in [0.15, 0.2) is 0 Å². The van der Waals surface area contributed by atoms with Crippen LogP contribution in [-0.4, -0.2) is 75.2 Å². The molecule has 0 aliphatic carbocycles. The van der Waals surface area contributed by atoms with Crippen LogP contribution in [0.25, 0.3) is 0 Å². The maximum absolute atomic E-state index is 9.44. The molecule has 13 heavy (non-hydrogen) atoms. The molecule has 0 saturated carbocycles. The first-order valence-corrected chi connectivity index (χ1v) is 6.15. The molecule has 0 N–H and O–H groups in total. The molecular weight excluding hydrogens is 248 g/mol. The van der Waals surface area contributed by atoms with Gasteiger partial charge in [0.2, 0.25) is 0 Å². The van der Waals surface area contributed by atoms with E-state index in [4.69, 9.17) is 0 Å². The van der Waals surface area contributed by atoms with Crippen LogP contribution in [0.4, 0.5) is 0 Å². The van der Waals surface area contributed by atoms with Gasteiger partial charge in [0.1, 0.15) is 0 Å². The summed E-state index contributed by atoms with van der Waals surface area (Å²) in [5.74, 6) is -0.625. The Labute approximate surface area is 108 Å². The van der Waals surface area contributed by atoms with Gasteiger partial charge < -0.3 is 9.11 Å². The second kappa shape index (κ2) is 8.39. The summed E-state index contributed by atoms with van der Waals surface area (Å²) >= 11 is 0. The average molecular weight is 258 g/mol. The zero-order valence-electron chi connectivity index (χ0n) is 7.39. The Morgan fingerprint density at radius 2 is 0.923 bits per heavy atom. The molecule has 0 fully saturated rings. The van der Waals surface area contributed by atoms with E-state index in [1.54, 1.807) is 0 Å². The van der Waals surface area contributed by atoms with Crippen molar-refractivity contribution in [3.63, 3.8) is 0 Å². The summed E-state index contributed by atoms with van der Waals surface area (Å²) < 4.78 is 56.7. The normalized spacial score (nSPS) is 10.8. The van der Waals surface area contributed by atoms with E-state index in [0.717, 1.165) is 0 Å². The average Bonchev–Trinajstić information content (AvgIpc) is 1.86. The third-order valence-electron chi connectivity index (χ3n) is 0.707. The Morgan fingerprint density at radius 1 is 0.846 bits per heavy atom. The van der Waals surface area contributed by atoms with Crippen molar-refractivity contribution in [2.24, 2.45) is 0 Å². The summed E-state index contributed by atoms with van der Waals surface area (Å²) in [5.41, 5.74) is 0. The van der Waals surface area contributed by atoms with Crippen molar-refractivity contribution < 1.29 is 25.9 Å². The molecule has 0 radical (unpaired) electrons. The van der Waals surface area contributed by atoms with Crippen LogP contribution < -0.4 is 0 Å². The predicted molar refractivity (Wildman–Crippen MR) is 46.2 cm³/mol. The van der Waals surface area contributed by atoms with Gasteiger partial charge in [0.25, 0.3) is 0 Å². The minimum absolute atomic E-state index is 0. The van der Waals surface area contributed by atoms with Gasteiger partial charge in [0.15, 0.2) is 0 Å². The molecule has 0 unspecified atom stereocenters. The molecule has 0 amide bonds. The molecule has 0 heterocycles. The first-order chi connectivity index (χ1) is 5.12. The third-order valence-corrected chi connectivity index (χ3v) is 2.12. The van der Waals surface area contributed by atoms with Crippen LogP contribution in [-0.2, 0) is 20.2 Å². The molecule has 0 aliphatic rings. The van der Waals surface area contributed by atoms with E-state index in [0.29, 0.717) is 0 Å². The fourth-order valence-electron chi connectivity index (χ4n) is 0. The van der Waals surface area contributed by atoms with Gasteiger partial charge in [-0.2, -0.15) is 0 Å². The summed E-state index contributed by atoms with van der Waals surface area (Å²) in [6.45, 7) is 2.62. The van der Waals surface area contributed by atoms with Crippen LogP contribution in [0.3, 0.4) is 0 Å². The van der Waals surface area contributed by atoms with Crippen molar-refractivity contribution in [1.82, 2.24) is 0 Å². The summed E-state index contributed by atoms with van der Waals surface area (Å²) in [6, 6.07) is 0. The molecule has 76 valence electrons. The van der Waals surface area contributed by atoms with E-state index >= 15 is 0 Å². The largest absolute Gasteiger partial charge is 2.00 e. The molecule has 0 rings (SSSR count). The van der Waals surface area contributed by atoms with Gasteiger partial charge in [0.05, 0.1) is 20.2 Å². The van der Waals surface area contributed by atoms with Gasteiger partial charge in [-0.05, 0) is 0 Å². The molecule has 0 spiro atoms. The van der Waals surface area contributed by atoms with Crippen molar-refractivity contribution in [1.29, 1.82) is 0 Å². The number of hydrogen-bond donors (Lipinski definition) is 0. The summed E-state index contributed by atoms with van der Waals surface area (Å²) in [6.07, 6.45) is 0. The first kappa shape index (κ1) is 19.6. The molecule has 0 aromatic heterocycles. The molecule has 0 bridgehead atoms. The van der Waals surface area contributed by atoms with Crippen molar-refractivity contribution in [2.75, 3.05) is 11.5 Å². The van der Waals surface area contributed by atoms with Gasteiger partial charge in [-0.3, -0.25) is 0 Å². The van der Waals surface area contributed by atoms with Crippen LogP contribution in [0, 0.1) is 0 Å². The standard InChI is InChI=1S/2C2H6O3S.Ca/c2*1-2-6(3,4)5;/h2*2H2,1H3,(H,3,4,5);/q;;+2/p-2. The van der Waals surface area contributed by atoms with Crippen molar-refractivity contribution >= 4 is 58.0 Å². The number of hydrogen-bond acceptors (Lipinski definition) is 6. The fourth-order valence-corrected chi connectivity index (χ4v) is 0. The van der Waals surface area contributed by atoms with E-state index in [1.807, 2.05) is 0 Å². The monoisotopic (exact) mass is 258 g/mol. The molecule has 0 aliphatic heterocycles. The maximum Gasteiger partial charge on any atom is 2.00 e. The molecule has 0 saturated heterocycles. The Morgan fingerprint density at radius 3 is 0.923 bits per heavy atom. The SMILES string of the molecule is CCS(=O)(=O)[O-].CCS(=O)(=O)[O-].[Ca+2]. The van der Waals surface area contributed by atoms with Crippen LogP contribution in [0.2, 0.25) is 0 Å². The molecule has 0 aromatic rings. The quantitative estimate of drug-likeness (QED) is 0.450. The van der Waals surface area contributed by atoms with Crippen LogP contribution >= 0.6 is 0 Å². The Bertz CT molecular complexity index is 259. The topological polar surface area (TPSA) is 114 Å². The van der Waals surface area contributed by atoms with Crippen LogP contribution in [0.1, 0.15) is 13.8 Å². The summed E-state index contributed by atoms with van der Waals surface area (Å²) in [5, 5.41) is 0. The van der Waals surface area contributed by atoms with E-state index in [1.165, 1.54) is 13.8 Å². The summed E-state index contributed by atoms with van der Waals surface area (Å²) in [4.78, 5) is 0. The molecule has 0 aromatic carbocycles. The van der Waals surface area contributed by atoms with Gasteiger partial charge in [0, 0.05) is 11.5 Å². The number of rotatable bonds is 2. The van der Waals surface area contributed by atoms with Crippen molar-refractivity contribution in [2.45, 2.75) is 13.8 Å². The van der Waals surface area contributed by atoms with E-state index < -0.39 is 20.2 Å².